The summed E-state index contributed by atoms with van der Waals surface area (Å²) < 4.78 is 93.5. The Bertz CT molecular complexity index is 1470. The predicted molar refractivity (Wildman–Crippen MR) is 162 cm³/mol. The molecule has 0 aliphatic carbocycles. The van der Waals surface area contributed by atoms with Crippen molar-refractivity contribution >= 4 is 5.97 Å². The van der Waals surface area contributed by atoms with Gasteiger partial charge in [0.1, 0.15) is 5.60 Å². The zero-order chi connectivity index (χ0) is 33.5. The van der Waals surface area contributed by atoms with Crippen LogP contribution in [-0.2, 0) is 38.6 Å². The molecule has 4 nitrogen and oxygen atoms in total. The molecule has 3 aromatic rings. The van der Waals surface area contributed by atoms with Crippen molar-refractivity contribution in [1.29, 1.82) is 0 Å². The Morgan fingerprint density at radius 2 is 1.43 bits per heavy atom. The van der Waals surface area contributed by atoms with E-state index in [0.29, 0.717) is 19.3 Å². The van der Waals surface area contributed by atoms with Crippen LogP contribution >= 0.6 is 0 Å². The molecule has 0 aromatic heterocycles. The fourth-order valence-corrected chi connectivity index (χ4v) is 7.29. The third-order valence-electron chi connectivity index (χ3n) is 9.11. The van der Waals surface area contributed by atoms with Crippen molar-refractivity contribution < 1.29 is 40.6 Å². The SMILES string of the molecule is CC(c1ccccc1)N1[C@@H]2CC[C@H](OCCc3cc(C(F)(F)F)cc(C(F)(F)F)c3)[C@@]1(c1ccccc1)C[C@@H]2C(=O)OC(C)(C)C. The molecule has 2 aliphatic rings. The highest BCUT2D eigenvalue weighted by molar-refractivity contribution is 5.75. The second-order valence-corrected chi connectivity index (χ2v) is 13.3. The highest BCUT2D eigenvalue weighted by atomic mass is 19.4. The van der Waals surface area contributed by atoms with E-state index in [1.807, 2.05) is 81.4 Å². The molecule has 2 fully saturated rings. The Balaban J connectivity index is 1.52. The largest absolute Gasteiger partial charge is 0.460 e. The zero-order valence-corrected chi connectivity index (χ0v) is 26.3. The van der Waals surface area contributed by atoms with Crippen molar-refractivity contribution in [3.05, 3.63) is 107 Å². The highest BCUT2D eigenvalue weighted by Gasteiger charge is 2.63. The summed E-state index contributed by atoms with van der Waals surface area (Å²) in [6.45, 7) is 7.46. The van der Waals surface area contributed by atoms with E-state index in [4.69, 9.17) is 9.47 Å². The van der Waals surface area contributed by atoms with Gasteiger partial charge in [-0.15, -0.1) is 0 Å². The maximum Gasteiger partial charge on any atom is 0.416 e. The first-order valence-electron chi connectivity index (χ1n) is 15.5. The Kier molecular flexibility index (Phi) is 9.36. The maximum atomic E-state index is 13.7. The standard InChI is InChI=1S/C36H39F6NO3/c1-23(25-11-7-5-8-12-25)43-30-15-16-31(45-18-17-24-19-27(35(37,38)39)21-28(20-24)36(40,41)42)34(43,26-13-9-6-10-14-26)22-29(30)32(44)46-33(2,3)4/h5-14,19-21,23,29-31H,15-18,22H2,1-4H3/t23?,29-,30+,31-,34-/m0/s1. The number of ether oxygens (including phenoxy) is 2. The van der Waals surface area contributed by atoms with Gasteiger partial charge in [0.25, 0.3) is 0 Å². The minimum Gasteiger partial charge on any atom is -0.460 e. The second-order valence-electron chi connectivity index (χ2n) is 13.3. The van der Waals surface area contributed by atoms with Crippen molar-refractivity contribution in [2.75, 3.05) is 6.61 Å². The van der Waals surface area contributed by atoms with Crippen molar-refractivity contribution in [3.8, 4) is 0 Å². The number of rotatable bonds is 8. The number of fused-ring (bicyclic) bond motifs is 2. The molecule has 2 aliphatic heterocycles. The minimum atomic E-state index is -4.93. The first-order chi connectivity index (χ1) is 21.5. The van der Waals surface area contributed by atoms with Gasteiger partial charge in [0, 0.05) is 12.1 Å². The fourth-order valence-electron chi connectivity index (χ4n) is 7.29. The number of esters is 1. The number of benzene rings is 3. The van der Waals surface area contributed by atoms with Crippen LogP contribution in [0, 0.1) is 5.92 Å². The number of halogens is 6. The Labute approximate surface area is 265 Å². The van der Waals surface area contributed by atoms with Crippen LogP contribution in [0.4, 0.5) is 26.3 Å². The van der Waals surface area contributed by atoms with Crippen LogP contribution in [-0.4, -0.2) is 35.2 Å². The lowest BCUT2D eigenvalue weighted by Crippen LogP contribution is -2.58. The average Bonchev–Trinajstić information content (AvgIpc) is 3.24. The van der Waals surface area contributed by atoms with Crippen molar-refractivity contribution in [1.82, 2.24) is 4.90 Å². The molecule has 3 aromatic carbocycles. The minimum absolute atomic E-state index is 0.104. The molecule has 0 saturated carbocycles. The molecule has 10 heteroatoms. The molecule has 0 N–H and O–H groups in total. The van der Waals surface area contributed by atoms with Crippen molar-refractivity contribution in [3.63, 3.8) is 0 Å². The van der Waals surface area contributed by atoms with Gasteiger partial charge in [-0.25, -0.2) is 0 Å². The van der Waals surface area contributed by atoms with Gasteiger partial charge in [-0.05, 0) is 88.3 Å². The van der Waals surface area contributed by atoms with E-state index >= 15 is 0 Å². The molecule has 0 amide bonds. The molecule has 46 heavy (non-hydrogen) atoms. The summed E-state index contributed by atoms with van der Waals surface area (Å²) in [5, 5.41) is 0. The number of carbonyl (C=O) groups excluding carboxylic acids is 1. The van der Waals surface area contributed by atoms with Gasteiger partial charge < -0.3 is 9.47 Å². The Morgan fingerprint density at radius 3 is 1.98 bits per heavy atom. The molecule has 248 valence electrons. The summed E-state index contributed by atoms with van der Waals surface area (Å²) in [4.78, 5) is 16.1. The number of piperidine rings is 1. The predicted octanol–water partition coefficient (Wildman–Crippen LogP) is 9.13. The smallest absolute Gasteiger partial charge is 0.416 e. The number of nitrogens with zero attached hydrogens (tertiary/aromatic N) is 1. The summed E-state index contributed by atoms with van der Waals surface area (Å²) in [5.41, 5.74) is -2.35. The third kappa shape index (κ3) is 6.98. The number of hydrogen-bond acceptors (Lipinski definition) is 4. The van der Waals surface area contributed by atoms with Crippen LogP contribution in [0.2, 0.25) is 0 Å². The quantitative estimate of drug-likeness (QED) is 0.181. The van der Waals surface area contributed by atoms with Gasteiger partial charge in [-0.1, -0.05) is 60.7 Å². The lowest BCUT2D eigenvalue weighted by Gasteiger charge is -2.52. The molecule has 0 spiro atoms. The monoisotopic (exact) mass is 647 g/mol. The summed E-state index contributed by atoms with van der Waals surface area (Å²) in [6.07, 6.45) is -8.97. The molecule has 2 bridgehead atoms. The first kappa shape index (κ1) is 34.0. The normalized spacial score (nSPS) is 24.5. The second kappa shape index (κ2) is 12.7. The van der Waals surface area contributed by atoms with Gasteiger partial charge >= 0.3 is 18.3 Å². The van der Waals surface area contributed by atoms with E-state index in [9.17, 15) is 31.1 Å². The van der Waals surface area contributed by atoms with Gasteiger partial charge in [0.15, 0.2) is 0 Å². The maximum absolute atomic E-state index is 13.7. The van der Waals surface area contributed by atoms with E-state index in [0.717, 1.165) is 23.3 Å². The molecular weight excluding hydrogens is 608 g/mol. The molecule has 0 radical (unpaired) electrons. The Morgan fingerprint density at radius 1 is 0.870 bits per heavy atom. The zero-order valence-electron chi connectivity index (χ0n) is 26.3. The third-order valence-corrected chi connectivity index (χ3v) is 9.11. The number of carbonyl (C=O) groups is 1. The molecule has 2 saturated heterocycles. The molecule has 5 atom stereocenters. The van der Waals surface area contributed by atoms with Gasteiger partial charge in [0.2, 0.25) is 0 Å². The van der Waals surface area contributed by atoms with Gasteiger partial charge in [0.05, 0.1) is 35.3 Å². The van der Waals surface area contributed by atoms with E-state index in [-0.39, 0.29) is 42.7 Å². The number of hydrogen-bond donors (Lipinski definition) is 0. The summed E-state index contributed by atoms with van der Waals surface area (Å²) in [6, 6.07) is 20.9. The Hall–Kier alpha value is -3.37. The van der Waals surface area contributed by atoms with Crippen LogP contribution in [0.15, 0.2) is 78.9 Å². The molecule has 5 rings (SSSR count). The van der Waals surface area contributed by atoms with Gasteiger partial charge in [-0.2, -0.15) is 26.3 Å². The van der Waals surface area contributed by atoms with Crippen molar-refractivity contribution in [2.45, 2.75) is 95.1 Å². The van der Waals surface area contributed by atoms with Crippen LogP contribution in [0.3, 0.4) is 0 Å². The average molecular weight is 648 g/mol. The summed E-state index contributed by atoms with van der Waals surface area (Å²) in [7, 11) is 0. The first-order valence-corrected chi connectivity index (χ1v) is 15.5. The van der Waals surface area contributed by atoms with E-state index in [1.165, 1.54) is 0 Å². The van der Waals surface area contributed by atoms with E-state index in [2.05, 4.69) is 11.8 Å². The van der Waals surface area contributed by atoms with Crippen LogP contribution < -0.4 is 0 Å². The van der Waals surface area contributed by atoms with E-state index in [1.54, 1.807) is 0 Å². The van der Waals surface area contributed by atoms with Crippen LogP contribution in [0.1, 0.15) is 80.8 Å². The highest BCUT2D eigenvalue weighted by Crippen LogP contribution is 2.57. The molecule has 2 heterocycles. The van der Waals surface area contributed by atoms with Gasteiger partial charge in [-0.3, -0.25) is 9.69 Å². The summed E-state index contributed by atoms with van der Waals surface area (Å²) in [5.74, 6) is -0.776. The lowest BCUT2D eigenvalue weighted by atomic mass is 9.77. The fraction of sp³-hybridized carbons (Fsp3) is 0.472. The van der Waals surface area contributed by atoms with Crippen LogP contribution in [0.25, 0.3) is 0 Å². The lowest BCUT2D eigenvalue weighted by molar-refractivity contribution is -0.161. The molecular formula is C36H39F6NO3. The van der Waals surface area contributed by atoms with Crippen molar-refractivity contribution in [2.24, 2.45) is 5.92 Å². The molecule has 1 unspecified atom stereocenters. The van der Waals surface area contributed by atoms with Crippen LogP contribution in [0.5, 0.6) is 0 Å². The summed E-state index contributed by atoms with van der Waals surface area (Å²) >= 11 is 0. The topological polar surface area (TPSA) is 38.8 Å². The number of alkyl halides is 6. The van der Waals surface area contributed by atoms with E-state index < -0.39 is 46.6 Å².